The summed E-state index contributed by atoms with van der Waals surface area (Å²) in [6.07, 6.45) is 3.20. The molecule has 128 valence electrons. The third-order valence-corrected chi connectivity index (χ3v) is 4.84. The molecule has 2 rings (SSSR count). The van der Waals surface area contributed by atoms with Crippen LogP contribution in [0.15, 0.2) is 40.3 Å². The van der Waals surface area contributed by atoms with E-state index in [-0.39, 0.29) is 30.7 Å². The van der Waals surface area contributed by atoms with Gasteiger partial charge in [-0.25, -0.2) is 4.79 Å². The first-order chi connectivity index (χ1) is 11.5. The van der Waals surface area contributed by atoms with Crippen LogP contribution < -0.4 is 5.32 Å². The molecule has 1 saturated heterocycles. The molecule has 6 nitrogen and oxygen atoms in total. The minimum atomic E-state index is -0.521. The van der Waals surface area contributed by atoms with Crippen molar-refractivity contribution in [1.29, 1.82) is 0 Å². The number of thioether (sulfide) groups is 2. The van der Waals surface area contributed by atoms with Crippen LogP contribution in [-0.2, 0) is 19.1 Å². The number of esters is 1. The first kappa shape index (κ1) is 18.4. The summed E-state index contributed by atoms with van der Waals surface area (Å²) >= 11 is 2.80. The standard InChI is InChI=1S/C16H18N2O4S2/c1-3-22-16(21)8-15-18(14(20)10-24-15)9-13(19)17-11-5-4-6-12(7-11)23-2/h4-8H,3,9-10H2,1-2H3,(H,17,19)/b15-8-. The Bertz CT molecular complexity index is 676. The van der Waals surface area contributed by atoms with Crippen LogP contribution >= 0.6 is 23.5 Å². The number of hydrogen-bond donors (Lipinski definition) is 1. The van der Waals surface area contributed by atoms with E-state index in [0.29, 0.717) is 10.7 Å². The highest BCUT2D eigenvalue weighted by molar-refractivity contribution is 8.04. The van der Waals surface area contributed by atoms with Gasteiger partial charge < -0.3 is 10.1 Å². The van der Waals surface area contributed by atoms with Crippen LogP contribution in [0, 0.1) is 0 Å². The maximum absolute atomic E-state index is 12.2. The van der Waals surface area contributed by atoms with Gasteiger partial charge in [0.05, 0.1) is 23.5 Å². The molecule has 0 saturated carbocycles. The number of ether oxygens (including phenoxy) is 1. The SMILES string of the molecule is CCOC(=O)/C=C1\SCC(=O)N1CC(=O)Nc1cccc(SC)c1. The molecule has 8 heteroatoms. The summed E-state index contributed by atoms with van der Waals surface area (Å²) in [6, 6.07) is 7.44. The lowest BCUT2D eigenvalue weighted by molar-refractivity contribution is -0.137. The lowest BCUT2D eigenvalue weighted by Crippen LogP contribution is -2.34. The maximum atomic E-state index is 12.2. The molecule has 0 spiro atoms. The second-order valence-electron chi connectivity index (χ2n) is 4.78. The first-order valence-electron chi connectivity index (χ1n) is 7.29. The molecule has 1 aromatic rings. The van der Waals surface area contributed by atoms with Gasteiger partial charge in [0.15, 0.2) is 0 Å². The molecular formula is C16H18N2O4S2. The molecule has 1 heterocycles. The van der Waals surface area contributed by atoms with E-state index in [1.54, 1.807) is 24.8 Å². The van der Waals surface area contributed by atoms with E-state index >= 15 is 0 Å². The Balaban J connectivity index is 2.02. The van der Waals surface area contributed by atoms with Gasteiger partial charge in [-0.15, -0.1) is 11.8 Å². The summed E-state index contributed by atoms with van der Waals surface area (Å²) in [5.41, 5.74) is 0.669. The van der Waals surface area contributed by atoms with Crippen molar-refractivity contribution >= 4 is 47.0 Å². The van der Waals surface area contributed by atoms with Crippen molar-refractivity contribution in [3.8, 4) is 0 Å². The Hall–Kier alpha value is -1.93. The number of nitrogens with one attached hydrogen (secondary N) is 1. The molecule has 0 bridgehead atoms. The highest BCUT2D eigenvalue weighted by Crippen LogP contribution is 2.28. The van der Waals surface area contributed by atoms with E-state index in [1.807, 2.05) is 24.5 Å². The molecule has 0 unspecified atom stereocenters. The number of amides is 2. The third kappa shape index (κ3) is 5.04. The highest BCUT2D eigenvalue weighted by Gasteiger charge is 2.29. The molecule has 1 fully saturated rings. The Labute approximate surface area is 149 Å². The monoisotopic (exact) mass is 366 g/mol. The second-order valence-corrected chi connectivity index (χ2v) is 6.66. The Morgan fingerprint density at radius 2 is 2.25 bits per heavy atom. The summed E-state index contributed by atoms with van der Waals surface area (Å²) in [7, 11) is 0. The number of benzene rings is 1. The second kappa shape index (κ2) is 8.79. The predicted molar refractivity (Wildman–Crippen MR) is 95.7 cm³/mol. The maximum Gasteiger partial charge on any atom is 0.333 e. The lowest BCUT2D eigenvalue weighted by atomic mass is 10.3. The van der Waals surface area contributed by atoms with Crippen molar-refractivity contribution in [1.82, 2.24) is 4.90 Å². The number of carbonyl (C=O) groups excluding carboxylic acids is 3. The van der Waals surface area contributed by atoms with Crippen LogP contribution in [-0.4, -0.2) is 47.8 Å². The molecule has 0 atom stereocenters. The number of hydrogen-bond acceptors (Lipinski definition) is 6. The van der Waals surface area contributed by atoms with Crippen molar-refractivity contribution < 1.29 is 19.1 Å². The lowest BCUT2D eigenvalue weighted by Gasteiger charge is -2.16. The van der Waals surface area contributed by atoms with Crippen LogP contribution in [0.2, 0.25) is 0 Å². The van der Waals surface area contributed by atoms with Crippen LogP contribution in [0.3, 0.4) is 0 Å². The molecular weight excluding hydrogens is 348 g/mol. The van der Waals surface area contributed by atoms with E-state index in [4.69, 9.17) is 4.74 Å². The van der Waals surface area contributed by atoms with Gasteiger partial charge in [-0.3, -0.25) is 14.5 Å². The number of carbonyl (C=O) groups is 3. The minimum absolute atomic E-state index is 0.138. The normalized spacial score (nSPS) is 15.7. The smallest absolute Gasteiger partial charge is 0.333 e. The van der Waals surface area contributed by atoms with Gasteiger partial charge in [0.1, 0.15) is 6.54 Å². The minimum Gasteiger partial charge on any atom is -0.463 e. The zero-order chi connectivity index (χ0) is 17.5. The van der Waals surface area contributed by atoms with E-state index in [1.165, 1.54) is 22.7 Å². The van der Waals surface area contributed by atoms with E-state index in [9.17, 15) is 14.4 Å². The fraction of sp³-hybridized carbons (Fsp3) is 0.312. The van der Waals surface area contributed by atoms with Crippen molar-refractivity contribution in [3.63, 3.8) is 0 Å². The number of anilines is 1. The topological polar surface area (TPSA) is 75.7 Å². The Morgan fingerprint density at radius 3 is 2.96 bits per heavy atom. The van der Waals surface area contributed by atoms with E-state index in [2.05, 4.69) is 5.32 Å². The molecule has 0 aromatic heterocycles. The zero-order valence-electron chi connectivity index (χ0n) is 13.4. The number of nitrogens with zero attached hydrogens (tertiary/aromatic N) is 1. The summed E-state index contributed by atoms with van der Waals surface area (Å²) in [6.45, 7) is 1.82. The van der Waals surface area contributed by atoms with E-state index in [0.717, 1.165) is 4.90 Å². The number of rotatable bonds is 6. The van der Waals surface area contributed by atoms with Gasteiger partial charge in [-0.05, 0) is 31.4 Å². The quantitative estimate of drug-likeness (QED) is 0.473. The molecule has 0 radical (unpaired) electrons. The van der Waals surface area contributed by atoms with Crippen molar-refractivity contribution in [2.75, 3.05) is 30.5 Å². The third-order valence-electron chi connectivity index (χ3n) is 3.09. The zero-order valence-corrected chi connectivity index (χ0v) is 15.0. The summed E-state index contributed by atoms with van der Waals surface area (Å²) in [4.78, 5) is 38.0. The van der Waals surface area contributed by atoms with Crippen molar-refractivity contribution in [3.05, 3.63) is 35.4 Å². The molecule has 1 aliphatic rings. The first-order valence-corrected chi connectivity index (χ1v) is 9.50. The van der Waals surface area contributed by atoms with Crippen LogP contribution in [0.25, 0.3) is 0 Å². The van der Waals surface area contributed by atoms with Crippen LogP contribution in [0.4, 0.5) is 5.69 Å². The van der Waals surface area contributed by atoms with Gasteiger partial charge in [0, 0.05) is 10.6 Å². The van der Waals surface area contributed by atoms with Gasteiger partial charge in [0.2, 0.25) is 11.8 Å². The fourth-order valence-electron chi connectivity index (χ4n) is 2.03. The summed E-state index contributed by atoms with van der Waals surface area (Å²) in [5.74, 6) is -0.837. The largest absolute Gasteiger partial charge is 0.463 e. The molecule has 1 aliphatic heterocycles. The molecule has 0 aliphatic carbocycles. The van der Waals surface area contributed by atoms with Gasteiger partial charge in [0.25, 0.3) is 0 Å². The molecule has 1 N–H and O–H groups in total. The highest BCUT2D eigenvalue weighted by atomic mass is 32.2. The Morgan fingerprint density at radius 1 is 1.46 bits per heavy atom. The predicted octanol–water partition coefficient (Wildman–Crippen LogP) is 2.33. The molecule has 2 amide bonds. The summed E-state index contributed by atoms with van der Waals surface area (Å²) < 4.78 is 4.84. The van der Waals surface area contributed by atoms with Crippen LogP contribution in [0.1, 0.15) is 6.92 Å². The fourth-order valence-corrected chi connectivity index (χ4v) is 3.42. The van der Waals surface area contributed by atoms with Gasteiger partial charge in [-0.1, -0.05) is 17.8 Å². The van der Waals surface area contributed by atoms with Crippen LogP contribution in [0.5, 0.6) is 0 Å². The van der Waals surface area contributed by atoms with Gasteiger partial charge >= 0.3 is 5.97 Å². The molecule has 1 aromatic carbocycles. The molecule has 24 heavy (non-hydrogen) atoms. The van der Waals surface area contributed by atoms with E-state index < -0.39 is 5.97 Å². The Kier molecular flexibility index (Phi) is 6.74. The van der Waals surface area contributed by atoms with Crippen molar-refractivity contribution in [2.24, 2.45) is 0 Å². The average Bonchev–Trinajstić information content (AvgIpc) is 2.88. The average molecular weight is 366 g/mol. The van der Waals surface area contributed by atoms with Gasteiger partial charge in [-0.2, -0.15) is 0 Å². The summed E-state index contributed by atoms with van der Waals surface area (Å²) in [5, 5.41) is 3.20. The van der Waals surface area contributed by atoms with Crippen molar-refractivity contribution in [2.45, 2.75) is 11.8 Å².